The third-order valence-electron chi connectivity index (χ3n) is 5.63. The normalized spacial score (nSPS) is 21.1. The van der Waals surface area contributed by atoms with Gasteiger partial charge in [0.15, 0.2) is 11.5 Å². The molecule has 0 spiro atoms. The summed E-state index contributed by atoms with van der Waals surface area (Å²) in [6, 6.07) is 3.95. The average Bonchev–Trinajstić information content (AvgIpc) is 3.02. The Bertz CT molecular complexity index is 864. The second-order valence-corrected chi connectivity index (χ2v) is 8.46. The number of nitrogens with one attached hydrogen (secondary N) is 1. The summed E-state index contributed by atoms with van der Waals surface area (Å²) in [6.45, 7) is 2.30. The number of carbonyl (C=O) groups is 1. The van der Waals surface area contributed by atoms with Crippen molar-refractivity contribution in [2.75, 3.05) is 26.6 Å². The molecule has 1 N–H and O–H groups in total. The molecule has 5 nitrogen and oxygen atoms in total. The SMILES string of the molecule is COc1cc([C@@H]2CC(=O)Nc3sc4c(c32)CC[C@H](C)C4)cc(OC)c1OC. The summed E-state index contributed by atoms with van der Waals surface area (Å²) in [5.74, 6) is 2.59. The number of benzene rings is 1. The summed E-state index contributed by atoms with van der Waals surface area (Å²) in [5.41, 5.74) is 3.75. The Labute approximate surface area is 163 Å². The van der Waals surface area contributed by atoms with E-state index in [-0.39, 0.29) is 11.8 Å². The number of ether oxygens (including phenoxy) is 3. The highest BCUT2D eigenvalue weighted by Crippen LogP contribution is 2.50. The molecule has 4 rings (SSSR count). The lowest BCUT2D eigenvalue weighted by Crippen LogP contribution is -2.23. The van der Waals surface area contributed by atoms with E-state index in [9.17, 15) is 4.79 Å². The number of hydrogen-bond acceptors (Lipinski definition) is 5. The van der Waals surface area contributed by atoms with Crippen molar-refractivity contribution < 1.29 is 19.0 Å². The van der Waals surface area contributed by atoms with Gasteiger partial charge in [-0.1, -0.05) is 6.92 Å². The van der Waals surface area contributed by atoms with Gasteiger partial charge in [0.05, 0.1) is 26.3 Å². The molecule has 0 bridgehead atoms. The van der Waals surface area contributed by atoms with Crippen LogP contribution >= 0.6 is 11.3 Å². The third kappa shape index (κ3) is 3.06. The fraction of sp³-hybridized carbons (Fsp3) is 0.476. The molecule has 0 radical (unpaired) electrons. The van der Waals surface area contributed by atoms with E-state index in [1.165, 1.54) is 22.4 Å². The van der Waals surface area contributed by atoms with Crippen LogP contribution in [0.5, 0.6) is 17.2 Å². The summed E-state index contributed by atoms with van der Waals surface area (Å²) in [6.07, 6.45) is 3.82. The summed E-state index contributed by atoms with van der Waals surface area (Å²) in [4.78, 5) is 13.9. The number of carbonyl (C=O) groups excluding carboxylic acids is 1. The molecule has 1 aliphatic heterocycles. The first-order valence-electron chi connectivity index (χ1n) is 9.29. The van der Waals surface area contributed by atoms with Gasteiger partial charge in [-0.05, 0) is 54.0 Å². The van der Waals surface area contributed by atoms with Crippen LogP contribution in [0.25, 0.3) is 0 Å². The van der Waals surface area contributed by atoms with Crippen LogP contribution in [0.15, 0.2) is 12.1 Å². The molecule has 0 fully saturated rings. The lowest BCUT2D eigenvalue weighted by molar-refractivity contribution is -0.116. The first kappa shape index (κ1) is 18.2. The highest BCUT2D eigenvalue weighted by Gasteiger charge is 2.35. The maximum Gasteiger partial charge on any atom is 0.225 e. The summed E-state index contributed by atoms with van der Waals surface area (Å²) < 4.78 is 16.5. The van der Waals surface area contributed by atoms with Crippen LogP contribution in [-0.4, -0.2) is 27.2 Å². The van der Waals surface area contributed by atoms with Crippen LogP contribution in [0.4, 0.5) is 5.00 Å². The molecule has 2 aromatic rings. The summed E-state index contributed by atoms with van der Waals surface area (Å²) in [5, 5.41) is 4.12. The molecule has 2 heterocycles. The van der Waals surface area contributed by atoms with Gasteiger partial charge in [-0.3, -0.25) is 4.79 Å². The Kier molecular flexibility index (Phi) is 4.76. The van der Waals surface area contributed by atoms with Crippen molar-refractivity contribution in [1.82, 2.24) is 0 Å². The number of thiophene rings is 1. The minimum Gasteiger partial charge on any atom is -0.493 e. The largest absolute Gasteiger partial charge is 0.493 e. The van der Waals surface area contributed by atoms with E-state index in [2.05, 4.69) is 12.2 Å². The van der Waals surface area contributed by atoms with Crippen LogP contribution in [0.1, 0.15) is 47.3 Å². The lowest BCUT2D eigenvalue weighted by atomic mass is 9.80. The number of methoxy groups -OCH3 is 3. The smallest absolute Gasteiger partial charge is 0.225 e. The number of anilines is 1. The lowest BCUT2D eigenvalue weighted by Gasteiger charge is -2.27. The monoisotopic (exact) mass is 387 g/mol. The third-order valence-corrected chi connectivity index (χ3v) is 6.82. The topological polar surface area (TPSA) is 56.8 Å². The zero-order valence-electron chi connectivity index (χ0n) is 16.2. The molecular weight excluding hydrogens is 362 g/mol. The van der Waals surface area contributed by atoms with Gasteiger partial charge in [-0.25, -0.2) is 0 Å². The molecule has 1 aliphatic carbocycles. The van der Waals surface area contributed by atoms with Gasteiger partial charge in [0.25, 0.3) is 0 Å². The number of rotatable bonds is 4. The van der Waals surface area contributed by atoms with Gasteiger partial charge in [0.1, 0.15) is 0 Å². The molecule has 144 valence electrons. The molecule has 2 atom stereocenters. The van der Waals surface area contributed by atoms with Crippen LogP contribution < -0.4 is 19.5 Å². The zero-order valence-corrected chi connectivity index (χ0v) is 17.0. The molecule has 27 heavy (non-hydrogen) atoms. The van der Waals surface area contributed by atoms with Gasteiger partial charge in [0, 0.05) is 17.2 Å². The van der Waals surface area contributed by atoms with Crippen LogP contribution in [-0.2, 0) is 17.6 Å². The first-order chi connectivity index (χ1) is 13.0. The van der Waals surface area contributed by atoms with E-state index >= 15 is 0 Å². The standard InChI is InChI=1S/C21H25NO4S/c1-11-5-6-13-17(7-11)27-21-19(13)14(10-18(23)22-21)12-8-15(24-2)20(26-4)16(9-12)25-3/h8-9,11,14H,5-7,10H2,1-4H3,(H,22,23)/t11-,14-/m0/s1. The van der Waals surface area contributed by atoms with E-state index in [1.54, 1.807) is 32.7 Å². The Morgan fingerprint density at radius 1 is 1.07 bits per heavy atom. The molecule has 2 aliphatic rings. The van der Waals surface area contributed by atoms with E-state index in [0.29, 0.717) is 29.6 Å². The Hall–Kier alpha value is -2.21. The number of amides is 1. The summed E-state index contributed by atoms with van der Waals surface area (Å²) in [7, 11) is 4.84. The van der Waals surface area contributed by atoms with Crippen molar-refractivity contribution in [3.05, 3.63) is 33.7 Å². The zero-order chi connectivity index (χ0) is 19.1. The van der Waals surface area contributed by atoms with Crippen LogP contribution in [0.3, 0.4) is 0 Å². The Balaban J connectivity index is 1.85. The molecule has 6 heteroatoms. The van der Waals surface area contributed by atoms with Crippen molar-refractivity contribution in [1.29, 1.82) is 0 Å². The van der Waals surface area contributed by atoms with E-state index < -0.39 is 0 Å². The van der Waals surface area contributed by atoms with Gasteiger partial charge >= 0.3 is 0 Å². The highest BCUT2D eigenvalue weighted by molar-refractivity contribution is 7.16. The second-order valence-electron chi connectivity index (χ2n) is 7.36. The van der Waals surface area contributed by atoms with Gasteiger partial charge < -0.3 is 19.5 Å². The first-order valence-corrected chi connectivity index (χ1v) is 10.1. The molecule has 0 saturated carbocycles. The second kappa shape index (κ2) is 7.08. The fourth-order valence-corrected chi connectivity index (χ4v) is 5.78. The molecule has 1 amide bonds. The van der Waals surface area contributed by atoms with Gasteiger partial charge in [-0.15, -0.1) is 11.3 Å². The molecule has 1 aromatic heterocycles. The predicted molar refractivity (Wildman–Crippen MR) is 107 cm³/mol. The fourth-order valence-electron chi connectivity index (χ4n) is 4.29. The maximum atomic E-state index is 12.4. The van der Waals surface area contributed by atoms with Crippen LogP contribution in [0, 0.1) is 5.92 Å². The highest BCUT2D eigenvalue weighted by atomic mass is 32.1. The van der Waals surface area contributed by atoms with Crippen molar-refractivity contribution in [2.24, 2.45) is 5.92 Å². The number of hydrogen-bond donors (Lipinski definition) is 1. The summed E-state index contributed by atoms with van der Waals surface area (Å²) >= 11 is 1.75. The van der Waals surface area contributed by atoms with E-state index in [1.807, 2.05) is 12.1 Å². The van der Waals surface area contributed by atoms with Crippen molar-refractivity contribution in [2.45, 2.75) is 38.5 Å². The van der Waals surface area contributed by atoms with Gasteiger partial charge in [-0.2, -0.15) is 0 Å². The van der Waals surface area contributed by atoms with Gasteiger partial charge in [0.2, 0.25) is 11.7 Å². The minimum absolute atomic E-state index is 0.0101. The average molecular weight is 388 g/mol. The molecule has 0 unspecified atom stereocenters. The van der Waals surface area contributed by atoms with Crippen molar-refractivity contribution >= 4 is 22.2 Å². The molecule has 0 saturated heterocycles. The van der Waals surface area contributed by atoms with Crippen molar-refractivity contribution in [3.8, 4) is 17.2 Å². The van der Waals surface area contributed by atoms with Crippen LogP contribution in [0.2, 0.25) is 0 Å². The van der Waals surface area contributed by atoms with E-state index in [4.69, 9.17) is 14.2 Å². The minimum atomic E-state index is 0.0101. The Morgan fingerprint density at radius 2 is 1.78 bits per heavy atom. The molecular formula is C21H25NO4S. The van der Waals surface area contributed by atoms with E-state index in [0.717, 1.165) is 23.4 Å². The number of fused-ring (bicyclic) bond motifs is 3. The Morgan fingerprint density at radius 3 is 2.41 bits per heavy atom. The predicted octanol–water partition coefficient (Wildman–Crippen LogP) is 4.37. The maximum absolute atomic E-state index is 12.4. The molecule has 1 aromatic carbocycles. The van der Waals surface area contributed by atoms with Crippen molar-refractivity contribution in [3.63, 3.8) is 0 Å². The quantitative estimate of drug-likeness (QED) is 0.846.